The van der Waals surface area contributed by atoms with Crippen molar-refractivity contribution >= 4 is 16.9 Å². The number of aryl methyl sites for hydroxylation is 1. The highest BCUT2D eigenvalue weighted by molar-refractivity contribution is 7.69. The zero-order valence-corrected chi connectivity index (χ0v) is 20.3. The highest BCUT2D eigenvalue weighted by atomic mass is 32.2. The van der Waals surface area contributed by atoms with E-state index in [0.29, 0.717) is 16.9 Å². The van der Waals surface area contributed by atoms with Gasteiger partial charge in [0, 0.05) is 13.1 Å². The van der Waals surface area contributed by atoms with E-state index in [2.05, 4.69) is 0 Å². The molecule has 0 heterocycles. The maximum Gasteiger partial charge on any atom is 0.335 e. The van der Waals surface area contributed by atoms with Crippen LogP contribution in [0.2, 0.25) is 0 Å². The van der Waals surface area contributed by atoms with Gasteiger partial charge in [-0.2, -0.15) is 4.31 Å². The Balaban J connectivity index is 1.49. The van der Waals surface area contributed by atoms with Crippen LogP contribution >= 0.6 is 0 Å². The largest absolute Gasteiger partial charge is 0.478 e. The molecule has 0 aromatic heterocycles. The zero-order valence-electron chi connectivity index (χ0n) is 19.4. The van der Waals surface area contributed by atoms with Crippen molar-refractivity contribution in [3.63, 3.8) is 0 Å². The zero-order chi connectivity index (χ0) is 25.7. The molecular weight excluding hydrogens is 481 g/mol. The highest BCUT2D eigenvalue weighted by Gasteiger charge is 2.13. The number of halogens is 1. The first kappa shape index (κ1) is 25.1. The quantitative estimate of drug-likeness (QED) is 0.280. The van der Waals surface area contributed by atoms with Crippen LogP contribution in [0.4, 0.5) is 4.39 Å². The summed E-state index contributed by atoms with van der Waals surface area (Å²) in [5.74, 6) is -0.848. The monoisotopic (exact) mass is 505 g/mol. The number of carboxylic acids is 1. The summed E-state index contributed by atoms with van der Waals surface area (Å²) in [6, 6.07) is 25.4. The molecule has 0 unspecified atom stereocenters. The van der Waals surface area contributed by atoms with E-state index in [0.717, 1.165) is 16.7 Å². The second-order valence-corrected chi connectivity index (χ2v) is 9.31. The molecule has 6 nitrogen and oxygen atoms in total. The van der Waals surface area contributed by atoms with Crippen molar-refractivity contribution in [3.8, 4) is 22.6 Å². The minimum absolute atomic E-state index is 0.119. The third-order valence-corrected chi connectivity index (χ3v) is 6.41. The fourth-order valence-corrected chi connectivity index (χ4v) is 4.42. The number of nitrogens with zero attached hydrogens (tertiary/aromatic N) is 1. The van der Waals surface area contributed by atoms with Crippen LogP contribution in [0.1, 0.15) is 27.0 Å². The van der Waals surface area contributed by atoms with Crippen LogP contribution in [-0.4, -0.2) is 23.8 Å². The Labute approximate surface area is 210 Å². The summed E-state index contributed by atoms with van der Waals surface area (Å²) in [7, 11) is -2.87. The molecule has 1 N–H and O–H groups in total. The van der Waals surface area contributed by atoms with Gasteiger partial charge < -0.3 is 9.84 Å². The minimum Gasteiger partial charge on any atom is -0.478 e. The van der Waals surface area contributed by atoms with Gasteiger partial charge in [-0.25, -0.2) is 17.6 Å². The number of hydrogen-bond acceptors (Lipinski definition) is 4. The Morgan fingerprint density at radius 1 is 0.889 bits per heavy atom. The molecule has 0 aliphatic heterocycles. The molecule has 0 radical (unpaired) electrons. The SMILES string of the molecule is Cc1cc(CN(Cc2ccc(C(=O)O)cc2)[SH](=O)=O)ccc1-c1ccc(Oc2ccccc2)c(F)c1. The molecule has 8 heteroatoms. The lowest BCUT2D eigenvalue weighted by atomic mass is 9.98. The van der Waals surface area contributed by atoms with E-state index in [9.17, 15) is 17.6 Å². The number of thiol groups is 1. The number of hydrogen-bond donors (Lipinski definition) is 2. The lowest BCUT2D eigenvalue weighted by molar-refractivity contribution is 0.0697. The maximum absolute atomic E-state index is 14.7. The Kier molecular flexibility index (Phi) is 7.77. The van der Waals surface area contributed by atoms with Crippen molar-refractivity contribution < 1.29 is 27.4 Å². The third kappa shape index (κ3) is 6.16. The van der Waals surface area contributed by atoms with E-state index in [-0.39, 0.29) is 24.4 Å². The number of rotatable bonds is 9. The smallest absolute Gasteiger partial charge is 0.335 e. The molecule has 4 rings (SSSR count). The van der Waals surface area contributed by atoms with Crippen molar-refractivity contribution in [1.82, 2.24) is 4.31 Å². The van der Waals surface area contributed by atoms with Crippen LogP contribution in [0.25, 0.3) is 11.1 Å². The number of para-hydroxylation sites is 1. The van der Waals surface area contributed by atoms with Crippen molar-refractivity contribution in [2.45, 2.75) is 20.0 Å². The van der Waals surface area contributed by atoms with E-state index >= 15 is 0 Å². The van der Waals surface area contributed by atoms with Crippen LogP contribution < -0.4 is 4.74 Å². The Hall–Kier alpha value is -4.01. The van der Waals surface area contributed by atoms with Gasteiger partial charge >= 0.3 is 5.97 Å². The van der Waals surface area contributed by atoms with Gasteiger partial charge in [0.15, 0.2) is 11.6 Å². The lowest BCUT2D eigenvalue weighted by Gasteiger charge is -2.17. The normalized spacial score (nSPS) is 11.1. The summed E-state index contributed by atoms with van der Waals surface area (Å²) in [5.41, 5.74) is 3.98. The van der Waals surface area contributed by atoms with E-state index in [1.807, 2.05) is 43.3 Å². The Morgan fingerprint density at radius 3 is 2.17 bits per heavy atom. The van der Waals surface area contributed by atoms with Gasteiger partial charge in [-0.15, -0.1) is 0 Å². The van der Waals surface area contributed by atoms with Gasteiger partial charge in [0.05, 0.1) is 5.56 Å². The summed E-state index contributed by atoms with van der Waals surface area (Å²) < 4.78 is 45.4. The summed E-state index contributed by atoms with van der Waals surface area (Å²) >= 11 is 0. The molecule has 0 aliphatic carbocycles. The average molecular weight is 506 g/mol. The van der Waals surface area contributed by atoms with E-state index in [1.54, 1.807) is 36.4 Å². The summed E-state index contributed by atoms with van der Waals surface area (Å²) in [4.78, 5) is 11.0. The van der Waals surface area contributed by atoms with Crippen molar-refractivity contribution in [2.24, 2.45) is 0 Å². The molecule has 36 heavy (non-hydrogen) atoms. The fourth-order valence-electron chi connectivity index (χ4n) is 3.86. The molecule has 0 saturated heterocycles. The molecule has 0 aliphatic rings. The van der Waals surface area contributed by atoms with Gasteiger partial charge in [-0.1, -0.05) is 54.6 Å². The van der Waals surface area contributed by atoms with Crippen molar-refractivity contribution in [3.05, 3.63) is 119 Å². The molecule has 4 aromatic carbocycles. The van der Waals surface area contributed by atoms with Gasteiger partial charge in [-0.3, -0.25) is 0 Å². The number of carboxylic acid groups (broad SMARTS) is 1. The molecule has 0 amide bonds. The molecule has 4 aromatic rings. The van der Waals surface area contributed by atoms with Gasteiger partial charge in [0.2, 0.25) is 10.9 Å². The topological polar surface area (TPSA) is 83.9 Å². The molecular formula is C28H24FNO5S. The number of carbonyl (C=O) groups is 1. The van der Waals surface area contributed by atoms with E-state index in [4.69, 9.17) is 9.84 Å². The van der Waals surface area contributed by atoms with Gasteiger partial charge in [0.25, 0.3) is 0 Å². The molecule has 0 saturated carbocycles. The second-order valence-electron chi connectivity index (χ2n) is 8.27. The molecule has 0 fully saturated rings. The first-order valence-electron chi connectivity index (χ1n) is 11.1. The lowest BCUT2D eigenvalue weighted by Crippen LogP contribution is -2.21. The third-order valence-electron chi connectivity index (χ3n) is 5.67. The predicted molar refractivity (Wildman–Crippen MR) is 136 cm³/mol. The molecule has 0 bridgehead atoms. The summed E-state index contributed by atoms with van der Waals surface area (Å²) in [5, 5.41) is 9.03. The van der Waals surface area contributed by atoms with Crippen LogP contribution in [0.3, 0.4) is 0 Å². The van der Waals surface area contributed by atoms with E-state index < -0.39 is 22.7 Å². The van der Waals surface area contributed by atoms with Crippen LogP contribution in [0.5, 0.6) is 11.5 Å². The van der Waals surface area contributed by atoms with Crippen LogP contribution in [0.15, 0.2) is 91.0 Å². The second kappa shape index (κ2) is 11.2. The highest BCUT2D eigenvalue weighted by Crippen LogP contribution is 2.31. The van der Waals surface area contributed by atoms with Gasteiger partial charge in [0.1, 0.15) is 5.75 Å². The number of benzene rings is 4. The van der Waals surface area contributed by atoms with Crippen LogP contribution in [-0.2, 0) is 24.0 Å². The average Bonchev–Trinajstić information content (AvgIpc) is 2.86. The molecule has 0 atom stereocenters. The first-order valence-corrected chi connectivity index (χ1v) is 12.3. The van der Waals surface area contributed by atoms with E-state index in [1.165, 1.54) is 22.5 Å². The number of aromatic carboxylic acids is 1. The summed E-state index contributed by atoms with van der Waals surface area (Å²) in [6.07, 6.45) is 0. The molecule has 0 spiro atoms. The summed E-state index contributed by atoms with van der Waals surface area (Å²) in [6.45, 7) is 2.16. The molecule has 184 valence electrons. The van der Waals surface area contributed by atoms with Crippen molar-refractivity contribution in [1.29, 1.82) is 0 Å². The van der Waals surface area contributed by atoms with Gasteiger partial charge in [-0.05, 0) is 71.1 Å². The minimum atomic E-state index is -2.87. The van der Waals surface area contributed by atoms with Crippen molar-refractivity contribution in [2.75, 3.05) is 0 Å². The predicted octanol–water partition coefficient (Wildman–Crippen LogP) is 5.82. The Morgan fingerprint density at radius 2 is 1.56 bits per heavy atom. The maximum atomic E-state index is 14.7. The Bertz CT molecular complexity index is 1450. The number of ether oxygens (including phenoxy) is 1. The standard InChI is InChI=1S/C28H24FNO5S/c1-19-15-21(18-30(36(33)34)17-20-7-10-22(11-8-20)28(31)32)9-13-25(19)23-12-14-27(26(29)16-23)35-24-5-3-2-4-6-24/h2-16,36H,17-18H2,1H3,(H,31,32). The first-order chi connectivity index (χ1) is 17.3. The van der Waals surface area contributed by atoms with Crippen LogP contribution in [0, 0.1) is 12.7 Å². The fraction of sp³-hybridized carbons (Fsp3) is 0.107.